The van der Waals surface area contributed by atoms with E-state index in [0.29, 0.717) is 24.4 Å². The summed E-state index contributed by atoms with van der Waals surface area (Å²) in [6.07, 6.45) is 1.05. The summed E-state index contributed by atoms with van der Waals surface area (Å²) >= 11 is 0. The van der Waals surface area contributed by atoms with Crippen molar-refractivity contribution >= 4 is 17.7 Å². The Bertz CT molecular complexity index is 497. The van der Waals surface area contributed by atoms with Crippen molar-refractivity contribution in [3.63, 3.8) is 0 Å². The van der Waals surface area contributed by atoms with Crippen LogP contribution in [0.1, 0.15) is 52.0 Å². The average molecular weight is 292 g/mol. The van der Waals surface area contributed by atoms with E-state index in [-0.39, 0.29) is 0 Å². The highest BCUT2D eigenvalue weighted by Crippen LogP contribution is 2.18. The number of carboxylic acids is 1. The fraction of sp³-hybridized carbons (Fsp3) is 0.500. The Labute approximate surface area is 125 Å². The molecule has 1 atom stereocenters. The number of carboxylic acid groups (broad SMARTS) is 1. The number of rotatable bonds is 6. The van der Waals surface area contributed by atoms with Gasteiger partial charge in [-0.3, -0.25) is 0 Å². The molecule has 0 aliphatic carbocycles. The van der Waals surface area contributed by atoms with Crippen molar-refractivity contribution in [3.8, 4) is 0 Å². The van der Waals surface area contributed by atoms with Crippen molar-refractivity contribution in [1.82, 2.24) is 5.32 Å². The molecule has 0 aliphatic heterocycles. The first-order valence-electron chi connectivity index (χ1n) is 7.21. The first-order valence-corrected chi connectivity index (χ1v) is 7.21. The number of urea groups is 1. The van der Waals surface area contributed by atoms with Crippen molar-refractivity contribution in [1.29, 1.82) is 0 Å². The number of hydrogen-bond donors (Lipinski definition) is 3. The van der Waals surface area contributed by atoms with Crippen LogP contribution in [0.25, 0.3) is 0 Å². The molecule has 1 aromatic rings. The first kappa shape index (κ1) is 17.0. The standard InChI is InChI=1S/C16H24N2O3/c1-5-10-16(4,14(19)20)18-15(21)17-13-8-6-12(7-9-13)11(2)3/h6-9,11H,5,10H2,1-4H3,(H,19,20)(H2,17,18,21). The Morgan fingerprint density at radius 3 is 2.24 bits per heavy atom. The number of benzene rings is 1. The van der Waals surface area contributed by atoms with E-state index >= 15 is 0 Å². The van der Waals surface area contributed by atoms with E-state index in [1.54, 1.807) is 0 Å². The van der Waals surface area contributed by atoms with Crippen molar-refractivity contribution in [3.05, 3.63) is 29.8 Å². The van der Waals surface area contributed by atoms with E-state index in [9.17, 15) is 14.7 Å². The molecular formula is C16H24N2O3. The van der Waals surface area contributed by atoms with E-state index < -0.39 is 17.5 Å². The number of carbonyl (C=O) groups excluding carboxylic acids is 1. The fourth-order valence-electron chi connectivity index (χ4n) is 2.09. The van der Waals surface area contributed by atoms with Gasteiger partial charge >= 0.3 is 12.0 Å². The second kappa shape index (κ2) is 7.11. The lowest BCUT2D eigenvalue weighted by molar-refractivity contribution is -0.143. The summed E-state index contributed by atoms with van der Waals surface area (Å²) < 4.78 is 0. The molecule has 0 aromatic heterocycles. The van der Waals surface area contributed by atoms with Crippen LogP contribution in [0.5, 0.6) is 0 Å². The van der Waals surface area contributed by atoms with Gasteiger partial charge < -0.3 is 15.7 Å². The van der Waals surface area contributed by atoms with Gasteiger partial charge in [-0.1, -0.05) is 39.3 Å². The van der Waals surface area contributed by atoms with Gasteiger partial charge in [-0.25, -0.2) is 9.59 Å². The maximum Gasteiger partial charge on any atom is 0.329 e. The molecule has 0 saturated carbocycles. The first-order chi connectivity index (χ1) is 9.78. The molecule has 0 bridgehead atoms. The quantitative estimate of drug-likeness (QED) is 0.750. The van der Waals surface area contributed by atoms with Crippen LogP contribution in [0.3, 0.4) is 0 Å². The minimum absolute atomic E-state index is 0.377. The Morgan fingerprint density at radius 2 is 1.81 bits per heavy atom. The summed E-state index contributed by atoms with van der Waals surface area (Å²) in [4.78, 5) is 23.2. The van der Waals surface area contributed by atoms with Crippen LogP contribution in [0, 0.1) is 0 Å². The second-order valence-electron chi connectivity index (χ2n) is 5.74. The summed E-state index contributed by atoms with van der Waals surface area (Å²) in [6, 6.07) is 7.01. The largest absolute Gasteiger partial charge is 0.480 e. The third kappa shape index (κ3) is 4.77. The van der Waals surface area contributed by atoms with Crippen molar-refractivity contribution in [2.24, 2.45) is 0 Å². The third-order valence-corrected chi connectivity index (χ3v) is 3.45. The number of anilines is 1. The number of nitrogens with one attached hydrogen (secondary N) is 2. The number of aliphatic carboxylic acids is 1. The molecule has 116 valence electrons. The Hall–Kier alpha value is -2.04. The lowest BCUT2D eigenvalue weighted by Gasteiger charge is -2.25. The Balaban J connectivity index is 2.70. The maximum atomic E-state index is 11.9. The van der Waals surface area contributed by atoms with E-state index in [0.717, 1.165) is 0 Å². The van der Waals surface area contributed by atoms with Gasteiger partial charge in [0.05, 0.1) is 0 Å². The van der Waals surface area contributed by atoms with Crippen molar-refractivity contribution in [2.75, 3.05) is 5.32 Å². The summed E-state index contributed by atoms with van der Waals surface area (Å²) in [6.45, 7) is 7.59. The smallest absolute Gasteiger partial charge is 0.329 e. The minimum Gasteiger partial charge on any atom is -0.480 e. The van der Waals surface area contributed by atoms with Crippen LogP contribution in [0.15, 0.2) is 24.3 Å². The van der Waals surface area contributed by atoms with Crippen LogP contribution in [-0.4, -0.2) is 22.6 Å². The van der Waals surface area contributed by atoms with E-state index in [1.165, 1.54) is 12.5 Å². The van der Waals surface area contributed by atoms with Gasteiger partial charge in [-0.05, 0) is 37.0 Å². The molecule has 1 aromatic carbocycles. The van der Waals surface area contributed by atoms with Crippen LogP contribution < -0.4 is 10.6 Å². The highest BCUT2D eigenvalue weighted by Gasteiger charge is 2.33. The fourth-order valence-corrected chi connectivity index (χ4v) is 2.09. The molecule has 0 fully saturated rings. The third-order valence-electron chi connectivity index (χ3n) is 3.45. The van der Waals surface area contributed by atoms with Crippen LogP contribution in [-0.2, 0) is 4.79 Å². The number of hydrogen-bond acceptors (Lipinski definition) is 2. The summed E-state index contributed by atoms with van der Waals surface area (Å²) in [7, 11) is 0. The zero-order valence-corrected chi connectivity index (χ0v) is 13.1. The van der Waals surface area contributed by atoms with E-state index in [4.69, 9.17) is 0 Å². The SMILES string of the molecule is CCCC(C)(NC(=O)Nc1ccc(C(C)C)cc1)C(=O)O. The zero-order valence-electron chi connectivity index (χ0n) is 13.1. The van der Waals surface area contributed by atoms with Crippen LogP contribution >= 0.6 is 0 Å². The lowest BCUT2D eigenvalue weighted by atomic mass is 9.97. The highest BCUT2D eigenvalue weighted by molar-refractivity contribution is 5.93. The molecule has 5 nitrogen and oxygen atoms in total. The van der Waals surface area contributed by atoms with Gasteiger partial charge in [0.1, 0.15) is 5.54 Å². The summed E-state index contributed by atoms with van der Waals surface area (Å²) in [5.41, 5.74) is 0.569. The normalized spacial score (nSPS) is 13.6. The molecule has 0 heterocycles. The second-order valence-corrected chi connectivity index (χ2v) is 5.74. The van der Waals surface area contributed by atoms with Gasteiger partial charge in [-0.15, -0.1) is 0 Å². The molecular weight excluding hydrogens is 268 g/mol. The molecule has 3 N–H and O–H groups in total. The van der Waals surface area contributed by atoms with E-state index in [2.05, 4.69) is 24.5 Å². The Kier molecular flexibility index (Phi) is 5.76. The monoisotopic (exact) mass is 292 g/mol. The van der Waals surface area contributed by atoms with Crippen molar-refractivity contribution < 1.29 is 14.7 Å². The molecule has 1 unspecified atom stereocenters. The number of carbonyl (C=O) groups is 2. The van der Waals surface area contributed by atoms with Gasteiger partial charge in [0.2, 0.25) is 0 Å². The predicted octanol–water partition coefficient (Wildman–Crippen LogP) is 3.57. The van der Waals surface area contributed by atoms with Gasteiger partial charge in [0.15, 0.2) is 0 Å². The molecule has 0 spiro atoms. The van der Waals surface area contributed by atoms with Gasteiger partial charge in [0, 0.05) is 5.69 Å². The molecule has 21 heavy (non-hydrogen) atoms. The molecule has 5 heteroatoms. The van der Waals surface area contributed by atoms with Crippen LogP contribution in [0.2, 0.25) is 0 Å². The molecule has 2 amide bonds. The van der Waals surface area contributed by atoms with Crippen molar-refractivity contribution in [2.45, 2.75) is 52.0 Å². The molecule has 0 saturated heterocycles. The number of amides is 2. The lowest BCUT2D eigenvalue weighted by Crippen LogP contribution is -2.53. The maximum absolute atomic E-state index is 11.9. The topological polar surface area (TPSA) is 78.4 Å². The highest BCUT2D eigenvalue weighted by atomic mass is 16.4. The van der Waals surface area contributed by atoms with Gasteiger partial charge in [-0.2, -0.15) is 0 Å². The summed E-state index contributed by atoms with van der Waals surface area (Å²) in [5.74, 6) is -0.609. The van der Waals surface area contributed by atoms with Gasteiger partial charge in [0.25, 0.3) is 0 Å². The predicted molar refractivity (Wildman–Crippen MR) is 83.6 cm³/mol. The summed E-state index contributed by atoms with van der Waals surface area (Å²) in [5, 5.41) is 14.4. The average Bonchev–Trinajstić information content (AvgIpc) is 2.39. The molecule has 1 rings (SSSR count). The molecule has 0 radical (unpaired) electrons. The molecule has 0 aliphatic rings. The minimum atomic E-state index is -1.25. The zero-order chi connectivity index (χ0) is 16.0. The van der Waals surface area contributed by atoms with Crippen LogP contribution in [0.4, 0.5) is 10.5 Å². The Morgan fingerprint density at radius 1 is 1.24 bits per heavy atom. The van der Waals surface area contributed by atoms with E-state index in [1.807, 2.05) is 31.2 Å².